The summed E-state index contributed by atoms with van der Waals surface area (Å²) in [4.78, 5) is 0. The van der Waals surface area contributed by atoms with Crippen molar-refractivity contribution in [1.29, 1.82) is 0 Å². The van der Waals surface area contributed by atoms with E-state index in [0.29, 0.717) is 6.42 Å². The van der Waals surface area contributed by atoms with Gasteiger partial charge in [0.2, 0.25) is 0 Å². The minimum absolute atomic E-state index is 0.212. The third-order valence-electron chi connectivity index (χ3n) is 4.32. The molecule has 1 aliphatic carbocycles. The van der Waals surface area contributed by atoms with Gasteiger partial charge in [-0.3, -0.25) is 0 Å². The fourth-order valence-electron chi connectivity index (χ4n) is 3.30. The van der Waals surface area contributed by atoms with Crippen LogP contribution in [0.1, 0.15) is 12.0 Å². The van der Waals surface area contributed by atoms with Crippen LogP contribution in [0.25, 0.3) is 22.4 Å². The average molecular weight is 288 g/mol. The van der Waals surface area contributed by atoms with Gasteiger partial charge in [-0.15, -0.1) is 0 Å². The van der Waals surface area contributed by atoms with Crippen LogP contribution in [0.5, 0.6) is 5.75 Å². The van der Waals surface area contributed by atoms with Crippen LogP contribution in [0.3, 0.4) is 0 Å². The number of hydrogen-bond donors (Lipinski definition) is 2. The maximum atomic E-state index is 10.6. The van der Waals surface area contributed by atoms with Crippen LogP contribution in [0.4, 0.5) is 0 Å². The van der Waals surface area contributed by atoms with Gasteiger partial charge in [0.05, 0.1) is 6.10 Å². The van der Waals surface area contributed by atoms with Crippen molar-refractivity contribution in [2.45, 2.75) is 12.5 Å². The number of aliphatic hydroxyl groups is 1. The van der Waals surface area contributed by atoms with Crippen molar-refractivity contribution in [2.24, 2.45) is 0 Å². The van der Waals surface area contributed by atoms with E-state index >= 15 is 0 Å². The molecule has 0 heterocycles. The molecule has 108 valence electrons. The summed E-state index contributed by atoms with van der Waals surface area (Å²) >= 11 is 0. The molecular weight excluding hydrogens is 272 g/mol. The first-order chi connectivity index (χ1) is 10.8. The molecule has 3 aromatic rings. The Morgan fingerprint density at radius 2 is 1.64 bits per heavy atom. The smallest absolute Gasteiger partial charge is 0.123 e. The maximum Gasteiger partial charge on any atom is 0.123 e. The highest BCUT2D eigenvalue weighted by Gasteiger charge is 2.21. The summed E-state index contributed by atoms with van der Waals surface area (Å²) < 4.78 is 0. The molecule has 0 saturated heterocycles. The van der Waals surface area contributed by atoms with Crippen LogP contribution in [0.15, 0.2) is 60.7 Å². The van der Waals surface area contributed by atoms with Gasteiger partial charge < -0.3 is 10.2 Å². The summed E-state index contributed by atoms with van der Waals surface area (Å²) in [7, 11) is 0. The molecule has 4 rings (SSSR count). The fourth-order valence-corrected chi connectivity index (χ4v) is 3.30. The molecular formula is C20H16O2. The summed E-state index contributed by atoms with van der Waals surface area (Å²) in [6, 6.07) is 19.6. The number of benzene rings is 3. The molecule has 0 bridgehead atoms. The third kappa shape index (κ3) is 1.92. The van der Waals surface area contributed by atoms with Gasteiger partial charge in [-0.1, -0.05) is 60.7 Å². The number of hydrogen-bond acceptors (Lipinski definition) is 2. The molecule has 1 aliphatic rings. The van der Waals surface area contributed by atoms with Gasteiger partial charge in [0.1, 0.15) is 5.75 Å². The van der Waals surface area contributed by atoms with Crippen molar-refractivity contribution in [3.63, 3.8) is 0 Å². The van der Waals surface area contributed by atoms with E-state index in [0.717, 1.165) is 32.3 Å². The predicted molar refractivity (Wildman–Crippen MR) is 88.9 cm³/mol. The van der Waals surface area contributed by atoms with E-state index in [4.69, 9.17) is 0 Å². The first kappa shape index (κ1) is 13.1. The number of phenolic OH excluding ortho intramolecular Hbond substituents is 1. The normalized spacial score (nSPS) is 17.1. The SMILES string of the molecule is Oc1ccc2ccccc2c1C1=c2ccccc2=CCC1O. The van der Waals surface area contributed by atoms with E-state index in [-0.39, 0.29) is 5.75 Å². The van der Waals surface area contributed by atoms with E-state index in [2.05, 4.69) is 0 Å². The lowest BCUT2D eigenvalue weighted by Crippen LogP contribution is -2.35. The van der Waals surface area contributed by atoms with Crippen molar-refractivity contribution in [2.75, 3.05) is 0 Å². The molecule has 0 radical (unpaired) electrons. The average Bonchev–Trinajstić information content (AvgIpc) is 2.56. The first-order valence-corrected chi connectivity index (χ1v) is 7.44. The van der Waals surface area contributed by atoms with Crippen molar-refractivity contribution in [3.8, 4) is 5.75 Å². The van der Waals surface area contributed by atoms with Crippen molar-refractivity contribution >= 4 is 22.4 Å². The summed E-state index contributed by atoms with van der Waals surface area (Å²) in [5, 5.41) is 25.2. The molecule has 2 heteroatoms. The van der Waals surface area contributed by atoms with Crippen molar-refractivity contribution < 1.29 is 10.2 Å². The highest BCUT2D eigenvalue weighted by Crippen LogP contribution is 2.34. The monoisotopic (exact) mass is 288 g/mol. The summed E-state index contributed by atoms with van der Waals surface area (Å²) in [5.41, 5.74) is 1.55. The van der Waals surface area contributed by atoms with Gasteiger partial charge in [-0.2, -0.15) is 0 Å². The second kappa shape index (κ2) is 5.00. The number of aromatic hydroxyl groups is 1. The molecule has 2 nitrogen and oxygen atoms in total. The van der Waals surface area contributed by atoms with Gasteiger partial charge in [0.15, 0.2) is 0 Å². The molecule has 0 aliphatic heterocycles. The highest BCUT2D eigenvalue weighted by atomic mass is 16.3. The molecule has 3 aromatic carbocycles. The second-order valence-electron chi connectivity index (χ2n) is 5.64. The Kier molecular flexibility index (Phi) is 2.98. The maximum absolute atomic E-state index is 10.6. The number of phenols is 1. The first-order valence-electron chi connectivity index (χ1n) is 7.44. The minimum atomic E-state index is -0.605. The Labute approximate surface area is 128 Å². The molecule has 2 N–H and O–H groups in total. The van der Waals surface area contributed by atoms with Crippen LogP contribution in [0.2, 0.25) is 0 Å². The minimum Gasteiger partial charge on any atom is -0.507 e. The van der Waals surface area contributed by atoms with Crippen LogP contribution < -0.4 is 10.4 Å². The molecule has 0 saturated carbocycles. The van der Waals surface area contributed by atoms with Crippen LogP contribution in [-0.2, 0) is 0 Å². The zero-order valence-electron chi connectivity index (χ0n) is 12.0. The summed E-state index contributed by atoms with van der Waals surface area (Å²) in [6.07, 6.45) is 2.01. The zero-order chi connectivity index (χ0) is 15.1. The van der Waals surface area contributed by atoms with E-state index in [9.17, 15) is 10.2 Å². The Bertz CT molecular complexity index is 986. The molecule has 0 fully saturated rings. The van der Waals surface area contributed by atoms with Gasteiger partial charge in [0, 0.05) is 11.1 Å². The highest BCUT2D eigenvalue weighted by molar-refractivity contribution is 5.97. The van der Waals surface area contributed by atoms with Gasteiger partial charge in [-0.25, -0.2) is 0 Å². The topological polar surface area (TPSA) is 40.5 Å². The molecule has 1 atom stereocenters. The van der Waals surface area contributed by atoms with Crippen LogP contribution in [0, 0.1) is 0 Å². The van der Waals surface area contributed by atoms with Crippen LogP contribution >= 0.6 is 0 Å². The number of fused-ring (bicyclic) bond motifs is 2. The number of aliphatic hydroxyl groups excluding tert-OH is 1. The van der Waals surface area contributed by atoms with Crippen LogP contribution in [-0.4, -0.2) is 16.3 Å². The molecule has 0 amide bonds. The van der Waals surface area contributed by atoms with Gasteiger partial charge in [0.25, 0.3) is 0 Å². The second-order valence-corrected chi connectivity index (χ2v) is 5.64. The largest absolute Gasteiger partial charge is 0.507 e. The third-order valence-corrected chi connectivity index (χ3v) is 4.32. The lowest BCUT2D eigenvalue weighted by molar-refractivity contribution is 0.238. The van der Waals surface area contributed by atoms with Crippen molar-refractivity contribution in [3.05, 3.63) is 76.7 Å². The predicted octanol–water partition coefficient (Wildman–Crippen LogP) is 2.29. The Morgan fingerprint density at radius 3 is 2.55 bits per heavy atom. The van der Waals surface area contributed by atoms with E-state index < -0.39 is 6.10 Å². The van der Waals surface area contributed by atoms with E-state index in [1.807, 2.05) is 60.7 Å². The van der Waals surface area contributed by atoms with Crippen molar-refractivity contribution in [1.82, 2.24) is 0 Å². The lowest BCUT2D eigenvalue weighted by Gasteiger charge is -2.20. The lowest BCUT2D eigenvalue weighted by atomic mass is 9.88. The Balaban J connectivity index is 2.20. The number of rotatable bonds is 1. The van der Waals surface area contributed by atoms with E-state index in [1.165, 1.54) is 0 Å². The Hall–Kier alpha value is -2.58. The fraction of sp³-hybridized carbons (Fsp3) is 0.100. The molecule has 0 spiro atoms. The zero-order valence-corrected chi connectivity index (χ0v) is 12.0. The molecule has 0 aromatic heterocycles. The van der Waals surface area contributed by atoms with Gasteiger partial charge >= 0.3 is 0 Å². The van der Waals surface area contributed by atoms with Gasteiger partial charge in [-0.05, 0) is 33.7 Å². The quantitative estimate of drug-likeness (QED) is 0.721. The standard InChI is InChI=1S/C20H16O2/c21-17-11-9-13-5-1-3-7-15(13)19(17)20-16-8-4-2-6-14(16)10-12-18(20)22/h1-11,18,21-22H,12H2. The van der Waals surface area contributed by atoms with E-state index in [1.54, 1.807) is 6.07 Å². The summed E-state index contributed by atoms with van der Waals surface area (Å²) in [6.45, 7) is 0. The molecule has 1 unspecified atom stereocenters. The molecule has 22 heavy (non-hydrogen) atoms. The Morgan fingerprint density at radius 1 is 0.864 bits per heavy atom. The summed E-state index contributed by atoms with van der Waals surface area (Å²) in [5.74, 6) is 0.212.